The Balaban J connectivity index is 3.01. The second kappa shape index (κ2) is 4.24. The second-order valence-corrected chi connectivity index (χ2v) is 3.20. The van der Waals surface area contributed by atoms with Crippen molar-refractivity contribution in [3.05, 3.63) is 23.5 Å². The predicted octanol–water partition coefficient (Wildman–Crippen LogP) is -0.549. The molecule has 0 fully saturated rings. The molecule has 15 heavy (non-hydrogen) atoms. The van der Waals surface area contributed by atoms with Gasteiger partial charge in [-0.25, -0.2) is 4.79 Å². The SMILES string of the molecule is Cc1cc(N)cnc1C(O)C(O)C(=O)O. The first kappa shape index (κ1) is 11.4. The molecule has 1 aromatic heterocycles. The van der Waals surface area contributed by atoms with E-state index in [-0.39, 0.29) is 5.69 Å². The maximum atomic E-state index is 10.4. The van der Waals surface area contributed by atoms with Crippen LogP contribution in [0.15, 0.2) is 12.3 Å². The molecular weight excluding hydrogens is 200 g/mol. The minimum absolute atomic E-state index is 0.110. The molecule has 0 aliphatic heterocycles. The van der Waals surface area contributed by atoms with Crippen molar-refractivity contribution < 1.29 is 20.1 Å². The Hall–Kier alpha value is -1.66. The molecule has 0 aliphatic rings. The van der Waals surface area contributed by atoms with Gasteiger partial charge in [0, 0.05) is 0 Å². The Kier molecular flexibility index (Phi) is 3.23. The Morgan fingerprint density at radius 1 is 1.53 bits per heavy atom. The van der Waals surface area contributed by atoms with Gasteiger partial charge in [-0.15, -0.1) is 0 Å². The molecule has 2 unspecified atom stereocenters. The number of aliphatic hydroxyl groups is 2. The molecule has 6 nitrogen and oxygen atoms in total. The molecule has 0 saturated carbocycles. The van der Waals surface area contributed by atoms with E-state index in [0.29, 0.717) is 11.3 Å². The molecule has 6 heteroatoms. The summed E-state index contributed by atoms with van der Waals surface area (Å²) in [6.45, 7) is 1.62. The summed E-state index contributed by atoms with van der Waals surface area (Å²) in [4.78, 5) is 14.2. The number of hydrogen-bond acceptors (Lipinski definition) is 5. The highest BCUT2D eigenvalue weighted by molar-refractivity contribution is 5.73. The molecule has 0 amide bonds. The molecule has 0 aliphatic carbocycles. The van der Waals surface area contributed by atoms with Crippen LogP contribution < -0.4 is 5.73 Å². The predicted molar refractivity (Wildman–Crippen MR) is 52.0 cm³/mol. The molecule has 0 spiro atoms. The quantitative estimate of drug-likeness (QED) is 0.534. The molecule has 1 aromatic rings. The molecule has 1 heterocycles. The van der Waals surface area contributed by atoms with Crippen molar-refractivity contribution in [3.63, 3.8) is 0 Å². The summed E-state index contributed by atoms with van der Waals surface area (Å²) in [6, 6.07) is 1.54. The van der Waals surface area contributed by atoms with Crippen molar-refractivity contribution in [2.45, 2.75) is 19.1 Å². The zero-order valence-electron chi connectivity index (χ0n) is 8.08. The number of aryl methyl sites for hydroxylation is 1. The van der Waals surface area contributed by atoms with Crippen molar-refractivity contribution in [3.8, 4) is 0 Å². The Bertz CT molecular complexity index is 380. The lowest BCUT2D eigenvalue weighted by Crippen LogP contribution is -2.28. The van der Waals surface area contributed by atoms with Crippen LogP contribution in [0.1, 0.15) is 17.4 Å². The van der Waals surface area contributed by atoms with E-state index < -0.39 is 18.2 Å². The number of nitrogens with two attached hydrogens (primary N) is 1. The maximum absolute atomic E-state index is 10.4. The van der Waals surface area contributed by atoms with Crippen molar-refractivity contribution in [2.24, 2.45) is 0 Å². The number of rotatable bonds is 3. The van der Waals surface area contributed by atoms with Gasteiger partial charge in [-0.3, -0.25) is 4.98 Å². The van der Waals surface area contributed by atoms with Crippen LogP contribution in [0.4, 0.5) is 5.69 Å². The number of nitrogen functional groups attached to an aromatic ring is 1. The summed E-state index contributed by atoms with van der Waals surface area (Å²) in [6.07, 6.45) is -2.15. The fraction of sp³-hybridized carbons (Fsp3) is 0.333. The molecule has 0 aromatic carbocycles. The summed E-state index contributed by atoms with van der Waals surface area (Å²) < 4.78 is 0. The van der Waals surface area contributed by atoms with E-state index in [4.69, 9.17) is 15.9 Å². The van der Waals surface area contributed by atoms with Gasteiger partial charge in [-0.1, -0.05) is 0 Å². The topological polar surface area (TPSA) is 117 Å². The van der Waals surface area contributed by atoms with Crippen molar-refractivity contribution in [2.75, 3.05) is 5.73 Å². The minimum atomic E-state index is -1.89. The van der Waals surface area contributed by atoms with Gasteiger partial charge in [0.05, 0.1) is 17.6 Å². The van der Waals surface area contributed by atoms with E-state index in [0.717, 1.165) is 0 Å². The van der Waals surface area contributed by atoms with Gasteiger partial charge in [-0.05, 0) is 18.6 Å². The smallest absolute Gasteiger partial charge is 0.335 e. The number of aliphatic carboxylic acids is 1. The summed E-state index contributed by atoms with van der Waals surface area (Å²) >= 11 is 0. The van der Waals surface area contributed by atoms with Gasteiger partial charge in [0.2, 0.25) is 0 Å². The lowest BCUT2D eigenvalue weighted by Gasteiger charge is -2.15. The number of pyridine rings is 1. The third-order valence-electron chi connectivity index (χ3n) is 1.97. The van der Waals surface area contributed by atoms with E-state index in [1.54, 1.807) is 13.0 Å². The highest BCUT2D eigenvalue weighted by Crippen LogP contribution is 2.20. The first-order valence-electron chi connectivity index (χ1n) is 4.24. The highest BCUT2D eigenvalue weighted by atomic mass is 16.4. The van der Waals surface area contributed by atoms with Gasteiger partial charge < -0.3 is 21.1 Å². The molecule has 5 N–H and O–H groups in total. The van der Waals surface area contributed by atoms with Crippen LogP contribution in [0.5, 0.6) is 0 Å². The van der Waals surface area contributed by atoms with E-state index in [1.165, 1.54) is 6.20 Å². The lowest BCUT2D eigenvalue weighted by molar-refractivity contribution is -0.153. The number of anilines is 1. The lowest BCUT2D eigenvalue weighted by atomic mass is 10.1. The first-order chi connectivity index (χ1) is 6.93. The van der Waals surface area contributed by atoms with Gasteiger partial charge in [0.1, 0.15) is 6.10 Å². The maximum Gasteiger partial charge on any atom is 0.335 e. The Morgan fingerprint density at radius 2 is 2.13 bits per heavy atom. The number of carboxylic acid groups (broad SMARTS) is 1. The monoisotopic (exact) mass is 212 g/mol. The van der Waals surface area contributed by atoms with Gasteiger partial charge in [-0.2, -0.15) is 0 Å². The number of aromatic nitrogens is 1. The fourth-order valence-electron chi connectivity index (χ4n) is 1.20. The molecule has 1 rings (SSSR count). The van der Waals surface area contributed by atoms with Crippen molar-refractivity contribution in [1.29, 1.82) is 0 Å². The average Bonchev–Trinajstić information content (AvgIpc) is 2.15. The fourth-order valence-corrected chi connectivity index (χ4v) is 1.20. The number of carbonyl (C=O) groups is 1. The number of hydrogen-bond donors (Lipinski definition) is 4. The number of carboxylic acids is 1. The second-order valence-electron chi connectivity index (χ2n) is 3.20. The van der Waals surface area contributed by atoms with Crippen LogP contribution >= 0.6 is 0 Å². The first-order valence-corrected chi connectivity index (χ1v) is 4.24. The molecule has 0 radical (unpaired) electrons. The van der Waals surface area contributed by atoms with E-state index >= 15 is 0 Å². The zero-order chi connectivity index (χ0) is 11.6. The van der Waals surface area contributed by atoms with E-state index in [2.05, 4.69) is 4.98 Å². The largest absolute Gasteiger partial charge is 0.479 e. The Morgan fingerprint density at radius 3 is 2.60 bits per heavy atom. The van der Waals surface area contributed by atoms with Crippen LogP contribution in [-0.4, -0.2) is 32.4 Å². The molecule has 82 valence electrons. The normalized spacial score (nSPS) is 14.6. The standard InChI is InChI=1S/C9H12N2O4/c1-4-2-5(10)3-11-6(4)7(12)8(13)9(14)15/h2-3,7-8,12-13H,10H2,1H3,(H,14,15). The minimum Gasteiger partial charge on any atom is -0.479 e. The molecule has 0 saturated heterocycles. The van der Waals surface area contributed by atoms with Crippen LogP contribution in [0.3, 0.4) is 0 Å². The van der Waals surface area contributed by atoms with Crippen LogP contribution in [0.2, 0.25) is 0 Å². The van der Waals surface area contributed by atoms with E-state index in [9.17, 15) is 9.90 Å². The van der Waals surface area contributed by atoms with Crippen LogP contribution in [0, 0.1) is 6.92 Å². The molecular formula is C9H12N2O4. The van der Waals surface area contributed by atoms with Gasteiger partial charge in [0.25, 0.3) is 0 Å². The summed E-state index contributed by atoms with van der Waals surface area (Å²) in [5.41, 5.74) is 6.49. The van der Waals surface area contributed by atoms with Gasteiger partial charge in [0.15, 0.2) is 6.10 Å². The summed E-state index contributed by atoms with van der Waals surface area (Å²) in [7, 11) is 0. The Labute approximate surface area is 86.0 Å². The highest BCUT2D eigenvalue weighted by Gasteiger charge is 2.27. The van der Waals surface area contributed by atoms with E-state index in [1.807, 2.05) is 0 Å². The third-order valence-corrected chi connectivity index (χ3v) is 1.97. The number of aliphatic hydroxyl groups excluding tert-OH is 2. The molecule has 0 bridgehead atoms. The van der Waals surface area contributed by atoms with Crippen LogP contribution in [-0.2, 0) is 4.79 Å². The average molecular weight is 212 g/mol. The van der Waals surface area contributed by atoms with Crippen molar-refractivity contribution in [1.82, 2.24) is 4.98 Å². The summed E-state index contributed by atoms with van der Waals surface area (Å²) in [5.74, 6) is -1.50. The van der Waals surface area contributed by atoms with Crippen LogP contribution in [0.25, 0.3) is 0 Å². The number of nitrogens with zero attached hydrogens (tertiary/aromatic N) is 1. The molecule has 2 atom stereocenters. The summed E-state index contributed by atoms with van der Waals surface area (Å²) in [5, 5.41) is 27.1. The van der Waals surface area contributed by atoms with Crippen molar-refractivity contribution >= 4 is 11.7 Å². The zero-order valence-corrected chi connectivity index (χ0v) is 8.08. The third kappa shape index (κ3) is 2.42. The van der Waals surface area contributed by atoms with Gasteiger partial charge >= 0.3 is 5.97 Å².